The van der Waals surface area contributed by atoms with Crippen LogP contribution in [0.1, 0.15) is 62.0 Å². The van der Waals surface area contributed by atoms with Crippen molar-refractivity contribution in [1.29, 1.82) is 0 Å². The van der Waals surface area contributed by atoms with Gasteiger partial charge in [-0.15, -0.1) is 0 Å². The molecule has 5 nitrogen and oxygen atoms in total. The molecule has 1 unspecified atom stereocenters. The van der Waals surface area contributed by atoms with Crippen molar-refractivity contribution in [3.8, 4) is 0 Å². The molecular weight excluding hydrogens is 338 g/mol. The number of piperidine rings is 1. The molecule has 1 aliphatic heterocycles. The molecule has 0 radical (unpaired) electrons. The minimum Gasteiger partial charge on any atom is -0.353 e. The highest BCUT2D eigenvalue weighted by Gasteiger charge is 2.46. The summed E-state index contributed by atoms with van der Waals surface area (Å²) >= 11 is 0. The zero-order chi connectivity index (χ0) is 19.0. The fourth-order valence-corrected chi connectivity index (χ4v) is 5.15. The van der Waals surface area contributed by atoms with E-state index in [9.17, 15) is 9.59 Å². The summed E-state index contributed by atoms with van der Waals surface area (Å²) in [5.41, 5.74) is 2.90. The number of hydrogen-bond acceptors (Lipinski definition) is 2. The van der Waals surface area contributed by atoms with E-state index >= 15 is 0 Å². The fraction of sp³-hybridized carbons (Fsp3) is 0.636. The largest absolute Gasteiger partial charge is 0.353 e. The highest BCUT2D eigenvalue weighted by atomic mass is 16.2. The monoisotopic (exact) mass is 369 g/mol. The summed E-state index contributed by atoms with van der Waals surface area (Å²) in [5.74, 6) is 0.508. The van der Waals surface area contributed by atoms with Crippen molar-refractivity contribution in [3.63, 3.8) is 0 Å². The quantitative estimate of drug-likeness (QED) is 0.889. The molecule has 5 heteroatoms. The molecule has 146 valence electrons. The number of carbonyl (C=O) groups is 2. The molecule has 0 bridgehead atoms. The van der Waals surface area contributed by atoms with Crippen LogP contribution in [0.4, 0.5) is 4.79 Å². The van der Waals surface area contributed by atoms with E-state index in [4.69, 9.17) is 0 Å². The first-order valence-corrected chi connectivity index (χ1v) is 10.3. The molecule has 1 aromatic carbocycles. The van der Waals surface area contributed by atoms with Gasteiger partial charge in [-0.1, -0.05) is 24.3 Å². The van der Waals surface area contributed by atoms with Gasteiger partial charge in [0.1, 0.15) is 0 Å². The zero-order valence-electron chi connectivity index (χ0n) is 16.5. The molecule has 1 N–H and O–H groups in total. The molecule has 4 rings (SSSR count). The van der Waals surface area contributed by atoms with Crippen LogP contribution in [-0.4, -0.2) is 55.0 Å². The van der Waals surface area contributed by atoms with Crippen LogP contribution in [0, 0.1) is 0 Å². The Balaban J connectivity index is 1.47. The average molecular weight is 370 g/mol. The molecule has 3 amide bonds. The number of amides is 3. The number of urea groups is 1. The Morgan fingerprint density at radius 3 is 2.52 bits per heavy atom. The van der Waals surface area contributed by atoms with Gasteiger partial charge in [0.05, 0.1) is 0 Å². The molecule has 0 aromatic heterocycles. The zero-order valence-corrected chi connectivity index (χ0v) is 16.5. The van der Waals surface area contributed by atoms with Crippen LogP contribution >= 0.6 is 0 Å². The van der Waals surface area contributed by atoms with Crippen molar-refractivity contribution in [1.82, 2.24) is 15.1 Å². The van der Waals surface area contributed by atoms with Crippen molar-refractivity contribution < 1.29 is 9.59 Å². The van der Waals surface area contributed by atoms with Gasteiger partial charge < -0.3 is 15.1 Å². The number of rotatable bonds is 3. The standard InChI is InChI=1S/C22H31N3O2/c1-24(2)21(27)25-12-10-22(11-13-25)15-16(18-8-3-4-9-19(18)22)14-20(26)23-17-6-5-7-17/h3-4,8-9,16-17H,5-7,10-15H2,1-2H3,(H,23,26). The van der Waals surface area contributed by atoms with Gasteiger partial charge in [-0.05, 0) is 61.0 Å². The van der Waals surface area contributed by atoms with Gasteiger partial charge in [-0.3, -0.25) is 4.79 Å². The maximum absolute atomic E-state index is 12.5. The number of carbonyl (C=O) groups excluding carboxylic acids is 2. The first kappa shape index (κ1) is 18.3. The number of likely N-dealkylation sites (tertiary alicyclic amines) is 1. The Labute approximate surface area is 162 Å². The first-order valence-electron chi connectivity index (χ1n) is 10.3. The summed E-state index contributed by atoms with van der Waals surface area (Å²) in [6.45, 7) is 1.60. The molecule has 3 aliphatic rings. The van der Waals surface area contributed by atoms with Crippen molar-refractivity contribution in [2.45, 2.75) is 62.3 Å². The van der Waals surface area contributed by atoms with Crippen molar-refractivity contribution in [2.75, 3.05) is 27.2 Å². The van der Waals surface area contributed by atoms with Gasteiger partial charge >= 0.3 is 6.03 Å². The Morgan fingerprint density at radius 2 is 1.89 bits per heavy atom. The Hall–Kier alpha value is -2.04. The Bertz CT molecular complexity index is 718. The second kappa shape index (κ2) is 7.17. The lowest BCUT2D eigenvalue weighted by Crippen LogP contribution is -2.47. The minimum atomic E-state index is 0.104. The minimum absolute atomic E-state index is 0.104. The maximum Gasteiger partial charge on any atom is 0.319 e. The second-order valence-corrected chi connectivity index (χ2v) is 8.83. The van der Waals surface area contributed by atoms with E-state index in [2.05, 4.69) is 29.6 Å². The summed E-state index contributed by atoms with van der Waals surface area (Å²) in [4.78, 5) is 28.4. The molecule has 1 spiro atoms. The molecule has 2 fully saturated rings. The van der Waals surface area contributed by atoms with E-state index in [1.165, 1.54) is 17.5 Å². The predicted molar refractivity (Wildman–Crippen MR) is 106 cm³/mol. The van der Waals surface area contributed by atoms with Gasteiger partial charge in [0.25, 0.3) is 0 Å². The lowest BCUT2D eigenvalue weighted by atomic mass is 9.73. The van der Waals surface area contributed by atoms with Gasteiger partial charge in [0.2, 0.25) is 5.91 Å². The Morgan fingerprint density at radius 1 is 1.19 bits per heavy atom. The SMILES string of the molecule is CN(C)C(=O)N1CCC2(CC1)CC(CC(=O)NC1CCC1)c1ccccc12. The van der Waals surface area contributed by atoms with Gasteiger partial charge in [-0.2, -0.15) is 0 Å². The number of fused-ring (bicyclic) bond motifs is 2. The molecular formula is C22H31N3O2. The van der Waals surface area contributed by atoms with E-state index < -0.39 is 0 Å². The second-order valence-electron chi connectivity index (χ2n) is 8.83. The molecule has 1 saturated heterocycles. The van der Waals surface area contributed by atoms with E-state index in [0.29, 0.717) is 18.4 Å². The van der Waals surface area contributed by atoms with Crippen LogP contribution < -0.4 is 5.32 Å². The number of nitrogens with one attached hydrogen (secondary N) is 1. The van der Waals surface area contributed by atoms with E-state index in [-0.39, 0.29) is 17.4 Å². The maximum atomic E-state index is 12.5. The molecule has 1 atom stereocenters. The van der Waals surface area contributed by atoms with Gasteiger partial charge in [-0.25, -0.2) is 4.79 Å². The molecule has 1 heterocycles. The first-order chi connectivity index (χ1) is 13.0. The molecule has 1 aromatic rings. The number of nitrogens with zero attached hydrogens (tertiary/aromatic N) is 2. The summed E-state index contributed by atoms with van der Waals surface area (Å²) in [7, 11) is 3.63. The summed E-state index contributed by atoms with van der Waals surface area (Å²) in [5, 5.41) is 3.20. The summed E-state index contributed by atoms with van der Waals surface area (Å²) < 4.78 is 0. The number of benzene rings is 1. The fourth-order valence-electron chi connectivity index (χ4n) is 5.15. The average Bonchev–Trinajstić information content (AvgIpc) is 2.92. The third-order valence-electron chi connectivity index (χ3n) is 6.88. The van der Waals surface area contributed by atoms with Crippen LogP contribution in [0.5, 0.6) is 0 Å². The van der Waals surface area contributed by atoms with E-state index in [0.717, 1.165) is 45.2 Å². The molecule has 27 heavy (non-hydrogen) atoms. The van der Waals surface area contributed by atoms with Crippen LogP contribution in [0.25, 0.3) is 0 Å². The van der Waals surface area contributed by atoms with E-state index in [1.807, 2.05) is 19.0 Å². The summed E-state index contributed by atoms with van der Waals surface area (Å²) in [6, 6.07) is 9.19. The highest BCUT2D eigenvalue weighted by molar-refractivity contribution is 5.78. The third-order valence-corrected chi connectivity index (χ3v) is 6.88. The normalized spacial score (nSPS) is 23.6. The van der Waals surface area contributed by atoms with Crippen LogP contribution in [0.2, 0.25) is 0 Å². The number of hydrogen-bond donors (Lipinski definition) is 1. The topological polar surface area (TPSA) is 52.7 Å². The summed E-state index contributed by atoms with van der Waals surface area (Å²) in [6.07, 6.45) is 7.11. The van der Waals surface area contributed by atoms with Crippen molar-refractivity contribution >= 4 is 11.9 Å². The third kappa shape index (κ3) is 3.44. The Kier molecular flexibility index (Phi) is 4.87. The van der Waals surface area contributed by atoms with Crippen molar-refractivity contribution in [2.24, 2.45) is 0 Å². The molecule has 2 aliphatic carbocycles. The lowest BCUT2D eigenvalue weighted by Gasteiger charge is -2.41. The van der Waals surface area contributed by atoms with Crippen LogP contribution in [0.3, 0.4) is 0 Å². The van der Waals surface area contributed by atoms with Crippen molar-refractivity contribution in [3.05, 3.63) is 35.4 Å². The smallest absolute Gasteiger partial charge is 0.319 e. The molecule has 1 saturated carbocycles. The van der Waals surface area contributed by atoms with E-state index in [1.54, 1.807) is 4.90 Å². The lowest BCUT2D eigenvalue weighted by molar-refractivity contribution is -0.122. The van der Waals surface area contributed by atoms with Crippen LogP contribution in [-0.2, 0) is 10.2 Å². The highest BCUT2D eigenvalue weighted by Crippen LogP contribution is 2.52. The van der Waals surface area contributed by atoms with Crippen LogP contribution in [0.15, 0.2) is 24.3 Å². The predicted octanol–water partition coefficient (Wildman–Crippen LogP) is 3.25. The van der Waals surface area contributed by atoms with Gasteiger partial charge in [0.15, 0.2) is 0 Å². The van der Waals surface area contributed by atoms with Gasteiger partial charge in [0, 0.05) is 39.6 Å².